The fourth-order valence-electron chi connectivity index (χ4n) is 1.95. The Balaban J connectivity index is 2.49. The van der Waals surface area contributed by atoms with Crippen molar-refractivity contribution in [1.29, 1.82) is 0 Å². The lowest BCUT2D eigenvalue weighted by molar-refractivity contribution is -0.121. The van der Waals surface area contributed by atoms with Crippen LogP contribution in [-0.4, -0.2) is 11.8 Å². The van der Waals surface area contributed by atoms with E-state index in [1.165, 1.54) is 5.56 Å². The number of carbonyl (C=O) groups is 1. The lowest BCUT2D eigenvalue weighted by atomic mass is 9.80. The molecule has 0 aliphatic heterocycles. The maximum absolute atomic E-state index is 11.6. The molecule has 2 N–H and O–H groups in total. The summed E-state index contributed by atoms with van der Waals surface area (Å²) >= 11 is 0. The van der Waals surface area contributed by atoms with E-state index in [2.05, 4.69) is 6.07 Å². The molecule has 2 rings (SSSR count). The molecule has 0 bridgehead atoms. The molecule has 2 nitrogen and oxygen atoms in total. The number of ketones is 1. The molecule has 0 amide bonds. The zero-order valence-corrected chi connectivity index (χ0v) is 7.66. The number of rotatable bonds is 0. The van der Waals surface area contributed by atoms with Gasteiger partial charge in [0.1, 0.15) is 0 Å². The lowest BCUT2D eigenvalue weighted by Gasteiger charge is -2.25. The van der Waals surface area contributed by atoms with Crippen LogP contribution < -0.4 is 5.73 Å². The highest BCUT2D eigenvalue weighted by Gasteiger charge is 2.29. The summed E-state index contributed by atoms with van der Waals surface area (Å²) in [4.78, 5) is 11.6. The van der Waals surface area contributed by atoms with E-state index in [1.54, 1.807) is 0 Å². The van der Waals surface area contributed by atoms with E-state index < -0.39 is 0 Å². The van der Waals surface area contributed by atoms with Crippen molar-refractivity contribution in [3.8, 4) is 0 Å². The summed E-state index contributed by atoms with van der Waals surface area (Å²) in [6.07, 6.45) is 0.694. The normalized spacial score (nSPS) is 27.1. The van der Waals surface area contributed by atoms with E-state index in [0.29, 0.717) is 6.42 Å². The van der Waals surface area contributed by atoms with Gasteiger partial charge < -0.3 is 5.73 Å². The van der Waals surface area contributed by atoms with Crippen LogP contribution >= 0.6 is 0 Å². The van der Waals surface area contributed by atoms with Crippen LogP contribution in [0.2, 0.25) is 0 Å². The van der Waals surface area contributed by atoms with Crippen molar-refractivity contribution < 1.29 is 4.79 Å². The molecule has 0 heterocycles. The van der Waals surface area contributed by atoms with Gasteiger partial charge in [-0.05, 0) is 17.5 Å². The SMILES string of the molecule is C[C@H]1C(=O)[C@H](N)Cc2ccccc21. The molecule has 0 unspecified atom stereocenters. The molecular formula is C11H13NO. The second-order valence-corrected chi connectivity index (χ2v) is 3.63. The molecular weight excluding hydrogens is 162 g/mol. The van der Waals surface area contributed by atoms with Gasteiger partial charge in [-0.25, -0.2) is 0 Å². The van der Waals surface area contributed by atoms with Crippen LogP contribution in [0.15, 0.2) is 24.3 Å². The predicted octanol–water partition coefficient (Wildman–Crippen LogP) is 1.24. The van der Waals surface area contributed by atoms with Gasteiger partial charge in [-0.1, -0.05) is 31.2 Å². The van der Waals surface area contributed by atoms with E-state index in [-0.39, 0.29) is 17.7 Å². The van der Waals surface area contributed by atoms with Gasteiger partial charge in [-0.15, -0.1) is 0 Å². The first kappa shape index (κ1) is 8.45. The minimum atomic E-state index is -0.301. The van der Waals surface area contributed by atoms with Crippen LogP contribution in [-0.2, 0) is 11.2 Å². The topological polar surface area (TPSA) is 43.1 Å². The zero-order chi connectivity index (χ0) is 9.42. The van der Waals surface area contributed by atoms with Crippen molar-refractivity contribution >= 4 is 5.78 Å². The first-order chi connectivity index (χ1) is 6.20. The Morgan fingerprint density at radius 2 is 2.08 bits per heavy atom. The van der Waals surface area contributed by atoms with Crippen molar-refractivity contribution in [3.63, 3.8) is 0 Å². The van der Waals surface area contributed by atoms with Crippen LogP contribution in [0.5, 0.6) is 0 Å². The molecule has 0 saturated heterocycles. The number of hydrogen-bond acceptors (Lipinski definition) is 2. The Morgan fingerprint density at radius 1 is 1.38 bits per heavy atom. The second-order valence-electron chi connectivity index (χ2n) is 3.63. The molecule has 1 aromatic rings. The molecule has 0 fully saturated rings. The molecule has 0 spiro atoms. The van der Waals surface area contributed by atoms with Gasteiger partial charge in [0.25, 0.3) is 0 Å². The highest BCUT2D eigenvalue weighted by atomic mass is 16.1. The van der Waals surface area contributed by atoms with Crippen LogP contribution in [0.25, 0.3) is 0 Å². The smallest absolute Gasteiger partial charge is 0.157 e. The van der Waals surface area contributed by atoms with Crippen LogP contribution in [0.1, 0.15) is 24.0 Å². The summed E-state index contributed by atoms with van der Waals surface area (Å²) in [6, 6.07) is 7.74. The summed E-state index contributed by atoms with van der Waals surface area (Å²) in [6.45, 7) is 1.93. The molecule has 0 saturated carbocycles. The number of benzene rings is 1. The molecule has 1 aromatic carbocycles. The summed E-state index contributed by atoms with van der Waals surface area (Å²) < 4.78 is 0. The second kappa shape index (κ2) is 2.96. The van der Waals surface area contributed by atoms with Crippen LogP contribution in [0.4, 0.5) is 0 Å². The molecule has 2 heteroatoms. The third-order valence-corrected chi connectivity index (χ3v) is 2.75. The Hall–Kier alpha value is -1.15. The fourth-order valence-corrected chi connectivity index (χ4v) is 1.95. The lowest BCUT2D eigenvalue weighted by Crippen LogP contribution is -2.39. The van der Waals surface area contributed by atoms with Crippen molar-refractivity contribution in [1.82, 2.24) is 0 Å². The van der Waals surface area contributed by atoms with Gasteiger partial charge in [-0.3, -0.25) is 4.79 Å². The zero-order valence-electron chi connectivity index (χ0n) is 7.66. The highest BCUT2D eigenvalue weighted by Crippen LogP contribution is 2.27. The summed E-state index contributed by atoms with van der Waals surface area (Å²) in [7, 11) is 0. The molecule has 13 heavy (non-hydrogen) atoms. The third kappa shape index (κ3) is 1.27. The fraction of sp³-hybridized carbons (Fsp3) is 0.364. The van der Waals surface area contributed by atoms with Crippen molar-refractivity contribution in [2.24, 2.45) is 5.73 Å². The van der Waals surface area contributed by atoms with E-state index in [0.717, 1.165) is 5.56 Å². The van der Waals surface area contributed by atoms with Gasteiger partial charge in [-0.2, -0.15) is 0 Å². The minimum absolute atomic E-state index is 0.0278. The summed E-state index contributed by atoms with van der Waals surface area (Å²) in [5.74, 6) is 0.138. The Morgan fingerprint density at radius 3 is 2.85 bits per heavy atom. The quantitative estimate of drug-likeness (QED) is 0.644. The minimum Gasteiger partial charge on any atom is -0.321 e. The molecule has 2 atom stereocenters. The first-order valence-electron chi connectivity index (χ1n) is 4.57. The largest absolute Gasteiger partial charge is 0.321 e. The van der Waals surface area contributed by atoms with Gasteiger partial charge in [0, 0.05) is 5.92 Å². The maximum Gasteiger partial charge on any atom is 0.157 e. The maximum atomic E-state index is 11.6. The van der Waals surface area contributed by atoms with Gasteiger partial charge in [0.05, 0.1) is 6.04 Å². The van der Waals surface area contributed by atoms with Crippen LogP contribution in [0.3, 0.4) is 0 Å². The molecule has 1 aliphatic carbocycles. The van der Waals surface area contributed by atoms with Crippen molar-refractivity contribution in [2.45, 2.75) is 25.3 Å². The predicted molar refractivity (Wildman–Crippen MR) is 51.5 cm³/mol. The summed E-state index contributed by atoms with van der Waals surface area (Å²) in [5.41, 5.74) is 8.11. The number of nitrogens with two attached hydrogens (primary N) is 1. The Bertz CT molecular complexity index is 346. The summed E-state index contributed by atoms with van der Waals surface area (Å²) in [5, 5.41) is 0. The van der Waals surface area contributed by atoms with E-state index in [4.69, 9.17) is 5.73 Å². The van der Waals surface area contributed by atoms with Crippen LogP contribution in [0, 0.1) is 0 Å². The van der Waals surface area contributed by atoms with E-state index in [9.17, 15) is 4.79 Å². The number of fused-ring (bicyclic) bond motifs is 1. The van der Waals surface area contributed by atoms with Gasteiger partial charge in [0.15, 0.2) is 5.78 Å². The van der Waals surface area contributed by atoms with Crippen molar-refractivity contribution in [3.05, 3.63) is 35.4 Å². The molecule has 1 aliphatic rings. The molecule has 68 valence electrons. The standard InChI is InChI=1S/C11H13NO/c1-7-9-5-3-2-4-8(9)6-10(12)11(7)13/h2-5,7,10H,6,12H2,1H3/t7-,10-/m1/s1. The van der Waals surface area contributed by atoms with E-state index in [1.807, 2.05) is 25.1 Å². The van der Waals surface area contributed by atoms with E-state index >= 15 is 0 Å². The highest BCUT2D eigenvalue weighted by molar-refractivity contribution is 5.92. The van der Waals surface area contributed by atoms with Crippen molar-refractivity contribution in [2.75, 3.05) is 0 Å². The molecule has 0 radical (unpaired) electrons. The molecule has 0 aromatic heterocycles. The number of hydrogen-bond donors (Lipinski definition) is 1. The monoisotopic (exact) mass is 175 g/mol. The average Bonchev–Trinajstić information content (AvgIpc) is 2.15. The Kier molecular flexibility index (Phi) is 1.93. The Labute approximate surface area is 77.8 Å². The first-order valence-corrected chi connectivity index (χ1v) is 4.57. The average molecular weight is 175 g/mol. The van der Waals surface area contributed by atoms with Gasteiger partial charge >= 0.3 is 0 Å². The third-order valence-electron chi connectivity index (χ3n) is 2.75. The van der Waals surface area contributed by atoms with Gasteiger partial charge in [0.2, 0.25) is 0 Å². The number of carbonyl (C=O) groups excluding carboxylic acids is 1. The number of Topliss-reactive ketones (excluding diaryl/α,β-unsaturated/α-hetero) is 1.